The van der Waals surface area contributed by atoms with E-state index < -0.39 is 6.17 Å². The van der Waals surface area contributed by atoms with Gasteiger partial charge in [0.05, 0.1) is 0 Å². The Balaban J connectivity index is 1.39. The van der Waals surface area contributed by atoms with Gasteiger partial charge in [-0.1, -0.05) is 0 Å². The summed E-state index contributed by atoms with van der Waals surface area (Å²) in [4.78, 5) is 10.0. The van der Waals surface area contributed by atoms with Gasteiger partial charge in [0.1, 0.15) is 6.17 Å². The predicted octanol–water partition coefficient (Wildman–Crippen LogP) is 2.94. The summed E-state index contributed by atoms with van der Waals surface area (Å²) in [5.41, 5.74) is 0.0852. The second kappa shape index (κ2) is 9.06. The normalized spacial score (nSPS) is 31.7. The molecule has 3 saturated heterocycles. The van der Waals surface area contributed by atoms with E-state index in [9.17, 15) is 4.39 Å². The molecule has 2 unspecified atom stereocenters. The highest BCUT2D eigenvalue weighted by Crippen LogP contribution is 2.29. The summed E-state index contributed by atoms with van der Waals surface area (Å²) in [6.45, 7) is 21.2. The van der Waals surface area contributed by atoms with E-state index in [1.165, 1.54) is 45.6 Å². The molecule has 0 aliphatic carbocycles. The molecule has 0 aromatic rings. The van der Waals surface area contributed by atoms with Gasteiger partial charge in [-0.15, -0.1) is 0 Å². The number of likely N-dealkylation sites (tertiary alicyclic amines) is 2. The van der Waals surface area contributed by atoms with Gasteiger partial charge in [0.25, 0.3) is 0 Å². The molecular weight excluding hydrogens is 339 g/mol. The Morgan fingerprint density at radius 2 is 1.52 bits per heavy atom. The van der Waals surface area contributed by atoms with E-state index >= 15 is 0 Å². The van der Waals surface area contributed by atoms with Crippen LogP contribution in [0, 0.1) is 5.92 Å². The molecule has 0 aromatic heterocycles. The van der Waals surface area contributed by atoms with E-state index in [2.05, 4.69) is 54.2 Å². The van der Waals surface area contributed by atoms with Crippen molar-refractivity contribution in [1.29, 1.82) is 0 Å². The van der Waals surface area contributed by atoms with E-state index in [0.29, 0.717) is 12.6 Å². The van der Waals surface area contributed by atoms with E-state index in [0.717, 1.165) is 32.0 Å². The van der Waals surface area contributed by atoms with Crippen molar-refractivity contribution in [2.45, 2.75) is 77.7 Å². The third kappa shape index (κ3) is 5.65. The molecule has 158 valence electrons. The summed E-state index contributed by atoms with van der Waals surface area (Å²) in [5, 5.41) is 0. The molecule has 27 heavy (non-hydrogen) atoms. The quantitative estimate of drug-likeness (QED) is 0.741. The summed E-state index contributed by atoms with van der Waals surface area (Å²) >= 11 is 0. The van der Waals surface area contributed by atoms with Crippen molar-refractivity contribution in [2.75, 3.05) is 58.9 Å². The summed E-state index contributed by atoms with van der Waals surface area (Å²) in [5.74, 6) is 0.805. The molecule has 3 rings (SSSR count). The number of nitrogens with zero attached hydrogens (tertiary/aromatic N) is 4. The SMILES string of the molecule is CC(C)N1CCN(CC2CCN(C3CCN(C(C)(C)C)CC3F)CC2)CC1. The van der Waals surface area contributed by atoms with E-state index in [-0.39, 0.29) is 11.6 Å². The highest BCUT2D eigenvalue weighted by Gasteiger charge is 2.38. The lowest BCUT2D eigenvalue weighted by Gasteiger charge is -2.47. The van der Waals surface area contributed by atoms with Gasteiger partial charge in [-0.3, -0.25) is 14.7 Å². The highest BCUT2D eigenvalue weighted by molar-refractivity contribution is 4.93. The van der Waals surface area contributed by atoms with Crippen molar-refractivity contribution >= 4 is 0 Å². The Hall–Kier alpha value is -0.230. The van der Waals surface area contributed by atoms with E-state index in [1.54, 1.807) is 0 Å². The van der Waals surface area contributed by atoms with Crippen LogP contribution in [-0.2, 0) is 0 Å². The minimum Gasteiger partial charge on any atom is -0.301 e. The summed E-state index contributed by atoms with van der Waals surface area (Å²) in [6, 6.07) is 0.827. The van der Waals surface area contributed by atoms with Crippen LogP contribution in [0.5, 0.6) is 0 Å². The molecule has 0 spiro atoms. The third-order valence-corrected chi connectivity index (χ3v) is 7.23. The average molecular weight is 383 g/mol. The molecule has 3 aliphatic rings. The minimum absolute atomic E-state index is 0.0852. The number of halogens is 1. The van der Waals surface area contributed by atoms with Crippen LogP contribution in [0.15, 0.2) is 0 Å². The zero-order valence-corrected chi connectivity index (χ0v) is 18.5. The highest BCUT2D eigenvalue weighted by atomic mass is 19.1. The fourth-order valence-electron chi connectivity index (χ4n) is 5.21. The lowest BCUT2D eigenvalue weighted by molar-refractivity contribution is -0.0148. The van der Waals surface area contributed by atoms with Crippen LogP contribution in [0.1, 0.15) is 53.9 Å². The van der Waals surface area contributed by atoms with E-state index in [1.807, 2.05) is 0 Å². The smallest absolute Gasteiger partial charge is 0.128 e. The van der Waals surface area contributed by atoms with Gasteiger partial charge in [-0.25, -0.2) is 4.39 Å². The second-order valence-electron chi connectivity index (χ2n) is 10.4. The summed E-state index contributed by atoms with van der Waals surface area (Å²) in [7, 11) is 0. The van der Waals surface area contributed by atoms with Gasteiger partial charge in [0.15, 0.2) is 0 Å². The van der Waals surface area contributed by atoms with Crippen molar-refractivity contribution in [2.24, 2.45) is 5.92 Å². The summed E-state index contributed by atoms with van der Waals surface area (Å²) < 4.78 is 14.9. The molecule has 0 bridgehead atoms. The van der Waals surface area contributed by atoms with Crippen molar-refractivity contribution in [3.05, 3.63) is 0 Å². The molecule has 3 heterocycles. The zero-order chi connectivity index (χ0) is 19.6. The van der Waals surface area contributed by atoms with Crippen LogP contribution < -0.4 is 0 Å². The number of hydrogen-bond acceptors (Lipinski definition) is 4. The first kappa shape index (κ1) is 21.5. The maximum atomic E-state index is 14.9. The second-order valence-corrected chi connectivity index (χ2v) is 10.4. The Kier molecular flexibility index (Phi) is 7.21. The van der Waals surface area contributed by atoms with Gasteiger partial charge in [-0.2, -0.15) is 0 Å². The zero-order valence-electron chi connectivity index (χ0n) is 18.5. The Labute approximate surface area is 167 Å². The molecule has 0 amide bonds. The van der Waals surface area contributed by atoms with Crippen molar-refractivity contribution in [3.63, 3.8) is 0 Å². The van der Waals surface area contributed by atoms with Gasteiger partial charge >= 0.3 is 0 Å². The molecule has 3 aliphatic heterocycles. The standard InChI is InChI=1S/C22H43FN4/c1-18(2)25-14-12-24(13-15-25)16-19-6-9-26(10-7-19)21-8-11-27(17-20(21)23)22(3,4)5/h18-21H,6-17H2,1-5H3. The first-order valence-electron chi connectivity index (χ1n) is 11.3. The van der Waals surface area contributed by atoms with Crippen LogP contribution >= 0.6 is 0 Å². The molecular formula is C22H43FN4. The van der Waals surface area contributed by atoms with Crippen LogP contribution in [-0.4, -0.2) is 102 Å². The minimum atomic E-state index is -0.696. The van der Waals surface area contributed by atoms with Gasteiger partial charge in [0, 0.05) is 63.4 Å². The van der Waals surface area contributed by atoms with Gasteiger partial charge in [-0.05, 0) is 72.9 Å². The van der Waals surface area contributed by atoms with Crippen molar-refractivity contribution in [1.82, 2.24) is 19.6 Å². The largest absolute Gasteiger partial charge is 0.301 e. The molecule has 0 saturated carbocycles. The number of rotatable bonds is 4. The molecule has 3 fully saturated rings. The van der Waals surface area contributed by atoms with Gasteiger partial charge in [0.2, 0.25) is 0 Å². The Morgan fingerprint density at radius 3 is 2.04 bits per heavy atom. The molecule has 0 N–H and O–H groups in total. The average Bonchev–Trinajstić information content (AvgIpc) is 2.62. The maximum absolute atomic E-state index is 14.9. The first-order chi connectivity index (χ1) is 12.7. The molecule has 0 aromatic carbocycles. The summed E-state index contributed by atoms with van der Waals surface area (Å²) in [6.07, 6.45) is 2.78. The molecule has 0 radical (unpaired) electrons. The number of hydrogen-bond donors (Lipinski definition) is 0. The Bertz CT molecular complexity index is 448. The Morgan fingerprint density at radius 1 is 0.889 bits per heavy atom. The van der Waals surface area contributed by atoms with Gasteiger partial charge < -0.3 is 4.90 Å². The number of piperidine rings is 2. The first-order valence-corrected chi connectivity index (χ1v) is 11.3. The van der Waals surface area contributed by atoms with Crippen LogP contribution in [0.3, 0.4) is 0 Å². The van der Waals surface area contributed by atoms with Crippen LogP contribution in [0.2, 0.25) is 0 Å². The third-order valence-electron chi connectivity index (χ3n) is 7.23. The topological polar surface area (TPSA) is 13.0 Å². The maximum Gasteiger partial charge on any atom is 0.128 e. The monoisotopic (exact) mass is 382 g/mol. The molecule has 4 nitrogen and oxygen atoms in total. The van der Waals surface area contributed by atoms with E-state index in [4.69, 9.17) is 0 Å². The molecule has 2 atom stereocenters. The predicted molar refractivity (Wildman–Crippen MR) is 112 cm³/mol. The molecule has 5 heteroatoms. The van der Waals surface area contributed by atoms with Crippen molar-refractivity contribution in [3.8, 4) is 0 Å². The van der Waals surface area contributed by atoms with Crippen LogP contribution in [0.4, 0.5) is 4.39 Å². The van der Waals surface area contributed by atoms with Crippen molar-refractivity contribution < 1.29 is 4.39 Å². The fraction of sp³-hybridized carbons (Fsp3) is 1.00. The lowest BCUT2D eigenvalue weighted by Crippen LogP contribution is -2.58. The number of alkyl halides is 1. The number of piperazine rings is 1. The fourth-order valence-corrected chi connectivity index (χ4v) is 5.21. The lowest BCUT2D eigenvalue weighted by atomic mass is 9.91. The van der Waals surface area contributed by atoms with Crippen LogP contribution in [0.25, 0.3) is 0 Å².